The second-order valence-corrected chi connectivity index (χ2v) is 3.60. The van der Waals surface area contributed by atoms with Crippen molar-refractivity contribution in [1.82, 2.24) is 0 Å². The first kappa shape index (κ1) is 9.61. The molecule has 1 aliphatic carbocycles. The van der Waals surface area contributed by atoms with Gasteiger partial charge in [-0.25, -0.2) is 0 Å². The Bertz CT molecular complexity index is 169. The molecule has 1 fully saturated rings. The highest BCUT2D eigenvalue weighted by Gasteiger charge is 2.20. The van der Waals surface area contributed by atoms with Crippen molar-refractivity contribution in [3.05, 3.63) is 0 Å². The lowest BCUT2D eigenvalue weighted by atomic mass is 9.84. The highest BCUT2D eigenvalue weighted by atomic mass is 16.3. The summed E-state index contributed by atoms with van der Waals surface area (Å²) in [5, 5.41) is 9.70. The third-order valence-electron chi connectivity index (χ3n) is 2.68. The number of aliphatic hydroxyl groups excluding tert-OH is 1. The minimum atomic E-state index is -0.169. The molecule has 0 bridgehead atoms. The van der Waals surface area contributed by atoms with E-state index in [4.69, 9.17) is 0 Å². The van der Waals surface area contributed by atoms with Crippen molar-refractivity contribution < 1.29 is 5.11 Å². The molecule has 0 aromatic rings. The summed E-state index contributed by atoms with van der Waals surface area (Å²) in [5.41, 5.74) is 0. The van der Waals surface area contributed by atoms with Gasteiger partial charge in [0.05, 0.1) is 6.10 Å². The maximum absolute atomic E-state index is 9.70. The summed E-state index contributed by atoms with van der Waals surface area (Å²) in [6, 6.07) is 0. The standard InChI is InChI=1S/C11H18O/c1-2-3-9-11(12)10-7-5-4-6-8-10/h10-12H,4-9H2,1H3/t11-/m0/s1. The van der Waals surface area contributed by atoms with E-state index in [2.05, 4.69) is 11.8 Å². The molecule has 0 saturated heterocycles. The third-order valence-corrected chi connectivity index (χ3v) is 2.68. The van der Waals surface area contributed by atoms with Gasteiger partial charge in [-0.05, 0) is 25.7 Å². The van der Waals surface area contributed by atoms with Crippen LogP contribution in [0.3, 0.4) is 0 Å². The van der Waals surface area contributed by atoms with Crippen LogP contribution in [-0.4, -0.2) is 11.2 Å². The van der Waals surface area contributed by atoms with Crippen molar-refractivity contribution in [2.24, 2.45) is 5.92 Å². The predicted molar refractivity (Wildman–Crippen MR) is 50.6 cm³/mol. The second kappa shape index (κ2) is 5.22. The van der Waals surface area contributed by atoms with Crippen LogP contribution in [0.25, 0.3) is 0 Å². The van der Waals surface area contributed by atoms with Crippen molar-refractivity contribution >= 4 is 0 Å². The molecular weight excluding hydrogens is 148 g/mol. The van der Waals surface area contributed by atoms with Crippen LogP contribution in [0.5, 0.6) is 0 Å². The van der Waals surface area contributed by atoms with E-state index in [9.17, 15) is 5.11 Å². The Morgan fingerprint density at radius 3 is 2.58 bits per heavy atom. The monoisotopic (exact) mass is 166 g/mol. The zero-order chi connectivity index (χ0) is 8.81. The van der Waals surface area contributed by atoms with Crippen molar-refractivity contribution in [1.29, 1.82) is 0 Å². The fraction of sp³-hybridized carbons (Fsp3) is 0.818. The first-order valence-electron chi connectivity index (χ1n) is 4.92. The molecule has 1 atom stereocenters. The lowest BCUT2D eigenvalue weighted by Gasteiger charge is -2.25. The zero-order valence-corrected chi connectivity index (χ0v) is 7.84. The van der Waals surface area contributed by atoms with Gasteiger partial charge in [-0.3, -0.25) is 0 Å². The maximum atomic E-state index is 9.70. The Balaban J connectivity index is 2.27. The van der Waals surface area contributed by atoms with E-state index in [0.29, 0.717) is 12.3 Å². The van der Waals surface area contributed by atoms with Crippen LogP contribution in [-0.2, 0) is 0 Å². The second-order valence-electron chi connectivity index (χ2n) is 3.60. The van der Waals surface area contributed by atoms with E-state index < -0.39 is 0 Å². The van der Waals surface area contributed by atoms with Crippen LogP contribution < -0.4 is 0 Å². The average molecular weight is 166 g/mol. The number of aliphatic hydroxyl groups is 1. The van der Waals surface area contributed by atoms with Gasteiger partial charge in [0, 0.05) is 6.42 Å². The van der Waals surface area contributed by atoms with Crippen molar-refractivity contribution in [3.63, 3.8) is 0 Å². The number of hydrogen-bond donors (Lipinski definition) is 1. The van der Waals surface area contributed by atoms with Crippen LogP contribution >= 0.6 is 0 Å². The van der Waals surface area contributed by atoms with E-state index >= 15 is 0 Å². The molecule has 0 amide bonds. The van der Waals surface area contributed by atoms with Gasteiger partial charge < -0.3 is 5.11 Å². The molecule has 1 heteroatoms. The molecule has 68 valence electrons. The Kier molecular flexibility index (Phi) is 4.18. The average Bonchev–Trinajstić information content (AvgIpc) is 2.15. The molecule has 0 aromatic heterocycles. The van der Waals surface area contributed by atoms with Gasteiger partial charge in [0.25, 0.3) is 0 Å². The van der Waals surface area contributed by atoms with Gasteiger partial charge in [0.2, 0.25) is 0 Å². The first-order valence-corrected chi connectivity index (χ1v) is 4.92. The van der Waals surface area contributed by atoms with Crippen LogP contribution in [0, 0.1) is 17.8 Å². The molecule has 12 heavy (non-hydrogen) atoms. The molecule has 1 N–H and O–H groups in total. The Morgan fingerprint density at radius 1 is 1.33 bits per heavy atom. The Labute approximate surface area is 75.2 Å². The van der Waals surface area contributed by atoms with Gasteiger partial charge >= 0.3 is 0 Å². The van der Waals surface area contributed by atoms with E-state index in [1.165, 1.54) is 32.1 Å². The number of rotatable bonds is 2. The summed E-state index contributed by atoms with van der Waals surface area (Å²) in [6.45, 7) is 1.83. The fourth-order valence-electron chi connectivity index (χ4n) is 1.89. The zero-order valence-electron chi connectivity index (χ0n) is 7.84. The van der Waals surface area contributed by atoms with Crippen molar-refractivity contribution in [2.45, 2.75) is 51.6 Å². The predicted octanol–water partition coefficient (Wildman–Crippen LogP) is 2.34. The first-order chi connectivity index (χ1) is 5.84. The van der Waals surface area contributed by atoms with Gasteiger partial charge in [-0.2, -0.15) is 0 Å². The molecular formula is C11H18O. The lowest BCUT2D eigenvalue weighted by Crippen LogP contribution is -2.22. The summed E-state index contributed by atoms with van der Waals surface area (Å²) in [5.74, 6) is 6.30. The van der Waals surface area contributed by atoms with Crippen molar-refractivity contribution in [3.8, 4) is 11.8 Å². The SMILES string of the molecule is CC#CC[C@H](O)C1CCCCC1. The van der Waals surface area contributed by atoms with Crippen LogP contribution in [0.4, 0.5) is 0 Å². The molecule has 1 aliphatic rings. The minimum Gasteiger partial charge on any atom is -0.392 e. The molecule has 0 unspecified atom stereocenters. The smallest absolute Gasteiger partial charge is 0.0677 e. The molecule has 0 spiro atoms. The maximum Gasteiger partial charge on any atom is 0.0677 e. The molecule has 1 saturated carbocycles. The van der Waals surface area contributed by atoms with Gasteiger partial charge in [0.15, 0.2) is 0 Å². The third kappa shape index (κ3) is 2.87. The quantitative estimate of drug-likeness (QED) is 0.624. The molecule has 0 aromatic carbocycles. The summed E-state index contributed by atoms with van der Waals surface area (Å²) in [4.78, 5) is 0. The molecule has 1 rings (SSSR count). The summed E-state index contributed by atoms with van der Waals surface area (Å²) >= 11 is 0. The van der Waals surface area contributed by atoms with Gasteiger partial charge in [0.1, 0.15) is 0 Å². The Hall–Kier alpha value is -0.480. The summed E-state index contributed by atoms with van der Waals surface area (Å²) in [6.07, 6.45) is 6.84. The molecule has 0 radical (unpaired) electrons. The molecule has 1 nitrogen and oxygen atoms in total. The van der Waals surface area contributed by atoms with Crippen molar-refractivity contribution in [2.75, 3.05) is 0 Å². The Morgan fingerprint density at radius 2 is 2.00 bits per heavy atom. The summed E-state index contributed by atoms with van der Waals surface area (Å²) in [7, 11) is 0. The van der Waals surface area contributed by atoms with Gasteiger partial charge in [-0.15, -0.1) is 11.8 Å². The van der Waals surface area contributed by atoms with E-state index in [1.54, 1.807) is 0 Å². The minimum absolute atomic E-state index is 0.169. The van der Waals surface area contributed by atoms with E-state index in [1.807, 2.05) is 6.92 Å². The largest absolute Gasteiger partial charge is 0.392 e. The fourth-order valence-corrected chi connectivity index (χ4v) is 1.89. The highest BCUT2D eigenvalue weighted by molar-refractivity contribution is 4.97. The molecule has 0 aliphatic heterocycles. The van der Waals surface area contributed by atoms with E-state index in [0.717, 1.165) is 0 Å². The van der Waals surface area contributed by atoms with Gasteiger partial charge in [-0.1, -0.05) is 19.3 Å². The lowest BCUT2D eigenvalue weighted by molar-refractivity contribution is 0.0892. The van der Waals surface area contributed by atoms with E-state index in [-0.39, 0.29) is 6.10 Å². The van der Waals surface area contributed by atoms with Crippen LogP contribution in [0.2, 0.25) is 0 Å². The topological polar surface area (TPSA) is 20.2 Å². The molecule has 0 heterocycles. The highest BCUT2D eigenvalue weighted by Crippen LogP contribution is 2.27. The van der Waals surface area contributed by atoms with Crippen LogP contribution in [0.1, 0.15) is 45.4 Å². The van der Waals surface area contributed by atoms with Crippen LogP contribution in [0.15, 0.2) is 0 Å². The summed E-state index contributed by atoms with van der Waals surface area (Å²) < 4.78 is 0. The number of hydrogen-bond acceptors (Lipinski definition) is 1. The normalized spacial score (nSPS) is 21.2.